The SMILES string of the molecule is CCC1CCC(Oc2c(Br)cc(CO)cc2Br)CC1. The van der Waals surface area contributed by atoms with Crippen LogP contribution in [0.15, 0.2) is 21.1 Å². The first kappa shape index (κ1) is 15.3. The standard InChI is InChI=1S/C15H20Br2O2/c1-2-10-3-5-12(6-4-10)19-15-13(16)7-11(9-18)8-14(15)17/h7-8,10,12,18H,2-6,9H2,1H3. The molecule has 1 saturated carbocycles. The summed E-state index contributed by atoms with van der Waals surface area (Å²) in [4.78, 5) is 0. The van der Waals surface area contributed by atoms with E-state index in [2.05, 4.69) is 38.8 Å². The van der Waals surface area contributed by atoms with E-state index < -0.39 is 0 Å². The Kier molecular flexibility index (Phi) is 5.72. The summed E-state index contributed by atoms with van der Waals surface area (Å²) in [5, 5.41) is 9.17. The summed E-state index contributed by atoms with van der Waals surface area (Å²) >= 11 is 7.05. The minimum atomic E-state index is 0.0408. The molecule has 0 saturated heterocycles. The van der Waals surface area contributed by atoms with Gasteiger partial charge >= 0.3 is 0 Å². The minimum Gasteiger partial charge on any atom is -0.488 e. The lowest BCUT2D eigenvalue weighted by molar-refractivity contribution is 0.128. The summed E-state index contributed by atoms with van der Waals surface area (Å²) in [6.07, 6.45) is 6.41. The molecule has 2 rings (SSSR count). The average Bonchev–Trinajstić information content (AvgIpc) is 2.43. The first-order chi connectivity index (χ1) is 9.13. The van der Waals surface area contributed by atoms with Crippen molar-refractivity contribution in [2.24, 2.45) is 5.92 Å². The Labute approximate surface area is 131 Å². The Morgan fingerprint density at radius 2 is 1.74 bits per heavy atom. The van der Waals surface area contributed by atoms with Crippen molar-refractivity contribution in [3.63, 3.8) is 0 Å². The van der Waals surface area contributed by atoms with Crippen molar-refractivity contribution in [3.8, 4) is 5.75 Å². The van der Waals surface area contributed by atoms with Crippen molar-refractivity contribution in [2.75, 3.05) is 0 Å². The highest BCUT2D eigenvalue weighted by Gasteiger charge is 2.22. The molecule has 0 amide bonds. The molecule has 1 fully saturated rings. The molecule has 106 valence electrons. The van der Waals surface area contributed by atoms with Crippen LogP contribution < -0.4 is 4.74 Å². The fourth-order valence-electron chi connectivity index (χ4n) is 2.64. The van der Waals surface area contributed by atoms with Crippen molar-refractivity contribution in [1.29, 1.82) is 0 Å². The monoisotopic (exact) mass is 390 g/mol. The van der Waals surface area contributed by atoms with E-state index in [9.17, 15) is 5.11 Å². The summed E-state index contributed by atoms with van der Waals surface area (Å²) < 4.78 is 7.95. The second kappa shape index (κ2) is 7.09. The van der Waals surface area contributed by atoms with Gasteiger partial charge in [0.05, 0.1) is 21.7 Å². The molecule has 1 aromatic carbocycles. The molecule has 0 aromatic heterocycles. The van der Waals surface area contributed by atoms with Crippen LogP contribution in [0.1, 0.15) is 44.6 Å². The fourth-order valence-corrected chi connectivity index (χ4v) is 4.11. The maximum atomic E-state index is 9.17. The van der Waals surface area contributed by atoms with E-state index in [4.69, 9.17) is 4.74 Å². The topological polar surface area (TPSA) is 29.5 Å². The van der Waals surface area contributed by atoms with Crippen LogP contribution in [0.2, 0.25) is 0 Å². The van der Waals surface area contributed by atoms with E-state index in [1.54, 1.807) is 0 Å². The van der Waals surface area contributed by atoms with E-state index in [0.717, 1.165) is 39.0 Å². The van der Waals surface area contributed by atoms with Crippen molar-refractivity contribution in [3.05, 3.63) is 26.6 Å². The number of aliphatic hydroxyl groups excluding tert-OH is 1. The number of rotatable bonds is 4. The Morgan fingerprint density at radius 3 is 2.21 bits per heavy atom. The van der Waals surface area contributed by atoms with E-state index in [1.165, 1.54) is 19.3 Å². The molecular weight excluding hydrogens is 372 g/mol. The summed E-state index contributed by atoms with van der Waals surface area (Å²) in [5.74, 6) is 1.74. The van der Waals surface area contributed by atoms with Crippen LogP contribution in [0.25, 0.3) is 0 Å². The predicted molar refractivity (Wildman–Crippen MR) is 84.4 cm³/mol. The van der Waals surface area contributed by atoms with Gasteiger partial charge in [0.1, 0.15) is 5.75 Å². The van der Waals surface area contributed by atoms with Crippen LogP contribution in [-0.4, -0.2) is 11.2 Å². The quantitative estimate of drug-likeness (QED) is 0.777. The van der Waals surface area contributed by atoms with Gasteiger partial charge in [-0.2, -0.15) is 0 Å². The van der Waals surface area contributed by atoms with Gasteiger partial charge in [-0.15, -0.1) is 0 Å². The maximum Gasteiger partial charge on any atom is 0.148 e. The number of hydrogen-bond acceptors (Lipinski definition) is 2. The van der Waals surface area contributed by atoms with Gasteiger partial charge in [-0.1, -0.05) is 13.3 Å². The summed E-state index contributed by atoms with van der Waals surface area (Å²) in [7, 11) is 0. The Balaban J connectivity index is 2.03. The predicted octanol–water partition coefficient (Wildman–Crippen LogP) is 5.05. The van der Waals surface area contributed by atoms with Gasteiger partial charge in [-0.05, 0) is 81.2 Å². The van der Waals surface area contributed by atoms with Crippen LogP contribution in [0.4, 0.5) is 0 Å². The summed E-state index contributed by atoms with van der Waals surface area (Å²) in [6.45, 7) is 2.31. The molecule has 0 spiro atoms. The lowest BCUT2D eigenvalue weighted by atomic mass is 9.86. The van der Waals surface area contributed by atoms with Gasteiger partial charge in [0.2, 0.25) is 0 Å². The first-order valence-corrected chi connectivity index (χ1v) is 8.48. The molecule has 0 atom stereocenters. The molecule has 1 aliphatic rings. The zero-order chi connectivity index (χ0) is 13.8. The van der Waals surface area contributed by atoms with Gasteiger partial charge < -0.3 is 9.84 Å². The molecule has 0 heterocycles. The van der Waals surface area contributed by atoms with Crippen LogP contribution >= 0.6 is 31.9 Å². The van der Waals surface area contributed by atoms with Gasteiger partial charge in [-0.3, -0.25) is 0 Å². The molecule has 0 radical (unpaired) electrons. The molecule has 1 N–H and O–H groups in total. The number of hydrogen-bond donors (Lipinski definition) is 1. The number of aliphatic hydroxyl groups is 1. The average molecular weight is 392 g/mol. The zero-order valence-corrected chi connectivity index (χ0v) is 14.3. The molecule has 0 aliphatic heterocycles. The Bertz CT molecular complexity index is 403. The zero-order valence-electron chi connectivity index (χ0n) is 11.2. The normalized spacial score (nSPS) is 23.4. The van der Waals surface area contributed by atoms with E-state index in [0.29, 0.717) is 6.10 Å². The number of ether oxygens (including phenoxy) is 1. The highest BCUT2D eigenvalue weighted by Crippen LogP contribution is 2.38. The number of benzene rings is 1. The van der Waals surface area contributed by atoms with Crippen LogP contribution in [0, 0.1) is 5.92 Å². The lowest BCUT2D eigenvalue weighted by Gasteiger charge is -2.29. The Hall–Kier alpha value is -0.0600. The third-order valence-corrected chi connectivity index (χ3v) is 5.07. The third kappa shape index (κ3) is 3.96. The van der Waals surface area contributed by atoms with Gasteiger partial charge in [-0.25, -0.2) is 0 Å². The molecule has 4 heteroatoms. The van der Waals surface area contributed by atoms with Crippen LogP contribution in [0.5, 0.6) is 5.75 Å². The summed E-state index contributed by atoms with van der Waals surface area (Å²) in [6, 6.07) is 3.83. The second-order valence-corrected chi connectivity index (χ2v) is 6.92. The molecule has 0 unspecified atom stereocenters. The largest absolute Gasteiger partial charge is 0.488 e. The van der Waals surface area contributed by atoms with Crippen molar-refractivity contribution >= 4 is 31.9 Å². The molecule has 2 nitrogen and oxygen atoms in total. The lowest BCUT2D eigenvalue weighted by Crippen LogP contribution is -2.24. The smallest absolute Gasteiger partial charge is 0.148 e. The third-order valence-electron chi connectivity index (χ3n) is 3.90. The highest BCUT2D eigenvalue weighted by atomic mass is 79.9. The molecule has 0 bridgehead atoms. The van der Waals surface area contributed by atoms with Gasteiger partial charge in [0, 0.05) is 0 Å². The van der Waals surface area contributed by atoms with Crippen LogP contribution in [0.3, 0.4) is 0 Å². The first-order valence-electron chi connectivity index (χ1n) is 6.89. The highest BCUT2D eigenvalue weighted by molar-refractivity contribution is 9.11. The molecule has 1 aliphatic carbocycles. The summed E-state index contributed by atoms with van der Waals surface area (Å²) in [5.41, 5.74) is 0.876. The van der Waals surface area contributed by atoms with E-state index >= 15 is 0 Å². The fraction of sp³-hybridized carbons (Fsp3) is 0.600. The van der Waals surface area contributed by atoms with E-state index in [1.807, 2.05) is 12.1 Å². The van der Waals surface area contributed by atoms with Crippen molar-refractivity contribution < 1.29 is 9.84 Å². The van der Waals surface area contributed by atoms with Crippen LogP contribution in [-0.2, 0) is 6.61 Å². The van der Waals surface area contributed by atoms with E-state index in [-0.39, 0.29) is 6.61 Å². The molecule has 1 aromatic rings. The molecular formula is C15H20Br2O2. The minimum absolute atomic E-state index is 0.0408. The Morgan fingerprint density at radius 1 is 1.16 bits per heavy atom. The molecule has 19 heavy (non-hydrogen) atoms. The van der Waals surface area contributed by atoms with Crippen molar-refractivity contribution in [1.82, 2.24) is 0 Å². The maximum absolute atomic E-state index is 9.17. The number of halogens is 2. The second-order valence-electron chi connectivity index (χ2n) is 5.22. The van der Waals surface area contributed by atoms with Crippen molar-refractivity contribution in [2.45, 2.75) is 51.7 Å². The van der Waals surface area contributed by atoms with Gasteiger partial charge in [0.25, 0.3) is 0 Å². The van der Waals surface area contributed by atoms with Gasteiger partial charge in [0.15, 0.2) is 0 Å².